The summed E-state index contributed by atoms with van der Waals surface area (Å²) in [5, 5.41) is 12.6. The van der Waals surface area contributed by atoms with Gasteiger partial charge in [0.15, 0.2) is 0 Å². The second-order valence-corrected chi connectivity index (χ2v) is 4.50. The highest BCUT2D eigenvalue weighted by molar-refractivity contribution is 5.83. The summed E-state index contributed by atoms with van der Waals surface area (Å²) in [6.45, 7) is 2.64. The van der Waals surface area contributed by atoms with Crippen molar-refractivity contribution in [3.63, 3.8) is 0 Å². The Balaban J connectivity index is 2.38. The van der Waals surface area contributed by atoms with Crippen LogP contribution < -0.4 is 5.32 Å². The van der Waals surface area contributed by atoms with Crippen molar-refractivity contribution in [2.75, 3.05) is 33.4 Å². The summed E-state index contributed by atoms with van der Waals surface area (Å²) >= 11 is 0. The predicted molar refractivity (Wildman–Crippen MR) is 61.3 cm³/mol. The third-order valence-electron chi connectivity index (χ3n) is 2.87. The molecule has 0 aliphatic carbocycles. The van der Waals surface area contributed by atoms with Crippen LogP contribution in [-0.4, -0.2) is 60.8 Å². The van der Waals surface area contributed by atoms with E-state index in [2.05, 4.69) is 5.32 Å². The summed E-state index contributed by atoms with van der Waals surface area (Å²) in [4.78, 5) is 23.8. The highest BCUT2D eigenvalue weighted by Crippen LogP contribution is 2.21. The van der Waals surface area contributed by atoms with Crippen molar-refractivity contribution in [3.05, 3.63) is 0 Å². The number of hydrogen-bond acceptors (Lipinski definition) is 4. The fourth-order valence-corrected chi connectivity index (χ4v) is 1.77. The van der Waals surface area contributed by atoms with E-state index in [0.717, 1.165) is 0 Å². The number of nitrogens with one attached hydrogen (secondary N) is 1. The van der Waals surface area contributed by atoms with E-state index in [1.54, 1.807) is 7.05 Å². The molecule has 0 unspecified atom stereocenters. The summed E-state index contributed by atoms with van der Waals surface area (Å²) in [7, 11) is 1.62. The summed E-state index contributed by atoms with van der Waals surface area (Å²) in [5.74, 6) is -0.448. The van der Waals surface area contributed by atoms with E-state index in [-0.39, 0.29) is 24.9 Å². The number of rotatable bonds is 4. The van der Waals surface area contributed by atoms with Gasteiger partial charge in [-0.1, -0.05) is 0 Å². The van der Waals surface area contributed by atoms with Gasteiger partial charge in [0.05, 0.1) is 12.1 Å². The molecule has 1 heterocycles. The lowest BCUT2D eigenvalue weighted by Crippen LogP contribution is -2.49. The minimum absolute atomic E-state index is 0.0294. The number of aliphatic hydroxyl groups is 1. The van der Waals surface area contributed by atoms with Gasteiger partial charge in [0, 0.05) is 46.6 Å². The van der Waals surface area contributed by atoms with Gasteiger partial charge < -0.3 is 20.1 Å². The molecule has 0 atom stereocenters. The second-order valence-electron chi connectivity index (χ2n) is 4.50. The van der Waals surface area contributed by atoms with Crippen LogP contribution in [-0.2, 0) is 14.3 Å². The number of likely N-dealkylation sites (N-methyl/N-ethyl adjacent to an activating group) is 1. The fraction of sp³-hybridized carbons (Fsp3) is 0.818. The Hall–Kier alpha value is -1.14. The van der Waals surface area contributed by atoms with Gasteiger partial charge in [-0.25, -0.2) is 0 Å². The van der Waals surface area contributed by atoms with Gasteiger partial charge in [-0.05, 0) is 0 Å². The molecule has 0 aromatic rings. The van der Waals surface area contributed by atoms with Gasteiger partial charge in [-0.15, -0.1) is 0 Å². The molecule has 0 aromatic heterocycles. The molecule has 1 saturated heterocycles. The molecule has 1 aliphatic heterocycles. The Labute approximate surface area is 101 Å². The van der Waals surface area contributed by atoms with Crippen LogP contribution in [0.25, 0.3) is 0 Å². The van der Waals surface area contributed by atoms with E-state index < -0.39 is 5.60 Å². The average molecular weight is 244 g/mol. The van der Waals surface area contributed by atoms with Gasteiger partial charge >= 0.3 is 0 Å². The maximum absolute atomic E-state index is 11.6. The number of carbonyl (C=O) groups excluding carboxylic acids is 2. The highest BCUT2D eigenvalue weighted by Gasteiger charge is 2.32. The summed E-state index contributed by atoms with van der Waals surface area (Å²) in [6.07, 6.45) is 1.06. The van der Waals surface area contributed by atoms with Crippen molar-refractivity contribution in [2.45, 2.75) is 25.4 Å². The lowest BCUT2D eigenvalue weighted by molar-refractivity contribution is -0.137. The first-order valence-electron chi connectivity index (χ1n) is 5.71. The molecule has 2 N–H and O–H groups in total. The average Bonchev–Trinajstić information content (AvgIpc) is 2.26. The molecule has 0 aromatic carbocycles. The maximum atomic E-state index is 11.6. The Morgan fingerprint density at radius 2 is 2.00 bits per heavy atom. The van der Waals surface area contributed by atoms with Crippen molar-refractivity contribution in [1.82, 2.24) is 10.2 Å². The molecule has 2 amide bonds. The second kappa shape index (κ2) is 5.97. The zero-order valence-electron chi connectivity index (χ0n) is 10.4. The van der Waals surface area contributed by atoms with Crippen LogP contribution in [0.2, 0.25) is 0 Å². The van der Waals surface area contributed by atoms with Crippen LogP contribution in [0.3, 0.4) is 0 Å². The molecule has 0 radical (unpaired) electrons. The molecular formula is C11H20N2O4. The lowest BCUT2D eigenvalue weighted by Gasteiger charge is -2.35. The molecule has 1 rings (SSSR count). The van der Waals surface area contributed by atoms with E-state index in [4.69, 9.17) is 4.74 Å². The smallest absolute Gasteiger partial charge is 0.241 e. The third-order valence-corrected chi connectivity index (χ3v) is 2.87. The first kappa shape index (κ1) is 13.9. The van der Waals surface area contributed by atoms with Crippen molar-refractivity contribution in [2.24, 2.45) is 0 Å². The van der Waals surface area contributed by atoms with Gasteiger partial charge in [0.1, 0.15) is 0 Å². The lowest BCUT2D eigenvalue weighted by atomic mass is 9.94. The fourth-order valence-electron chi connectivity index (χ4n) is 1.77. The van der Waals surface area contributed by atoms with Crippen LogP contribution >= 0.6 is 0 Å². The van der Waals surface area contributed by atoms with Crippen molar-refractivity contribution in [3.8, 4) is 0 Å². The van der Waals surface area contributed by atoms with Crippen LogP contribution in [0.5, 0.6) is 0 Å². The number of ether oxygens (including phenoxy) is 1. The third kappa shape index (κ3) is 4.70. The van der Waals surface area contributed by atoms with Crippen molar-refractivity contribution < 1.29 is 19.4 Å². The van der Waals surface area contributed by atoms with Crippen LogP contribution in [0, 0.1) is 0 Å². The molecule has 6 nitrogen and oxygen atoms in total. The molecule has 98 valence electrons. The first-order chi connectivity index (χ1) is 7.93. The standard InChI is InChI=1S/C11H20N2O4/c1-9(14)12-7-10(15)13(2)8-11(16)3-5-17-6-4-11/h16H,3-8H2,1-2H3,(H,12,14). The van der Waals surface area contributed by atoms with Gasteiger partial charge in [-0.3, -0.25) is 9.59 Å². The van der Waals surface area contributed by atoms with Crippen LogP contribution in [0.4, 0.5) is 0 Å². The molecular weight excluding hydrogens is 224 g/mol. The summed E-state index contributed by atoms with van der Waals surface area (Å²) < 4.78 is 5.17. The minimum Gasteiger partial charge on any atom is -0.388 e. The Kier molecular flexibility index (Phi) is 4.89. The minimum atomic E-state index is -0.862. The number of amides is 2. The van der Waals surface area contributed by atoms with Gasteiger partial charge in [0.25, 0.3) is 0 Å². The zero-order valence-corrected chi connectivity index (χ0v) is 10.4. The van der Waals surface area contributed by atoms with Gasteiger partial charge in [0.2, 0.25) is 11.8 Å². The van der Waals surface area contributed by atoms with E-state index in [1.807, 2.05) is 0 Å². The molecule has 0 bridgehead atoms. The molecule has 1 fully saturated rings. The predicted octanol–water partition coefficient (Wildman–Crippen LogP) is -0.878. The molecule has 17 heavy (non-hydrogen) atoms. The van der Waals surface area contributed by atoms with Crippen LogP contribution in [0.1, 0.15) is 19.8 Å². The zero-order chi connectivity index (χ0) is 12.9. The SMILES string of the molecule is CC(=O)NCC(=O)N(C)CC1(O)CCOCC1. The van der Waals surface area contributed by atoms with Crippen molar-refractivity contribution in [1.29, 1.82) is 0 Å². The van der Waals surface area contributed by atoms with Crippen molar-refractivity contribution >= 4 is 11.8 Å². The molecule has 6 heteroatoms. The van der Waals surface area contributed by atoms with E-state index in [9.17, 15) is 14.7 Å². The number of nitrogens with zero attached hydrogens (tertiary/aromatic N) is 1. The first-order valence-corrected chi connectivity index (χ1v) is 5.71. The highest BCUT2D eigenvalue weighted by atomic mass is 16.5. The number of carbonyl (C=O) groups is 2. The largest absolute Gasteiger partial charge is 0.388 e. The summed E-state index contributed by atoms with van der Waals surface area (Å²) in [5.41, 5.74) is -0.862. The normalized spacial score (nSPS) is 18.5. The van der Waals surface area contributed by atoms with Crippen LogP contribution in [0.15, 0.2) is 0 Å². The summed E-state index contributed by atoms with van der Waals surface area (Å²) in [6, 6.07) is 0. The Bertz CT molecular complexity index is 287. The van der Waals surface area contributed by atoms with E-state index in [0.29, 0.717) is 26.1 Å². The Morgan fingerprint density at radius 1 is 1.41 bits per heavy atom. The number of hydrogen-bond donors (Lipinski definition) is 2. The Morgan fingerprint density at radius 3 is 2.53 bits per heavy atom. The molecule has 0 saturated carbocycles. The quantitative estimate of drug-likeness (QED) is 0.673. The van der Waals surface area contributed by atoms with E-state index >= 15 is 0 Å². The van der Waals surface area contributed by atoms with Gasteiger partial charge in [-0.2, -0.15) is 0 Å². The molecule has 0 spiro atoms. The topological polar surface area (TPSA) is 78.9 Å². The maximum Gasteiger partial charge on any atom is 0.241 e. The van der Waals surface area contributed by atoms with E-state index in [1.165, 1.54) is 11.8 Å². The molecule has 1 aliphatic rings. The monoisotopic (exact) mass is 244 g/mol.